The Morgan fingerprint density at radius 1 is 1.24 bits per heavy atom. The second-order valence-electron chi connectivity index (χ2n) is 6.04. The summed E-state index contributed by atoms with van der Waals surface area (Å²) in [4.78, 5) is 11.6. The largest absolute Gasteiger partial charge is 0.481 e. The standard InChI is InChI=1S/C15H20O2/c1-14(2,3)11-7-4-5-8-12(11)15(13(16)17)9-6-10-15/h4-5,7-8H,6,9-10H2,1-3H3,(H,16,17). The van der Waals surface area contributed by atoms with E-state index in [1.807, 2.05) is 18.2 Å². The lowest BCUT2D eigenvalue weighted by atomic mass is 9.61. The van der Waals surface area contributed by atoms with Gasteiger partial charge in [0.25, 0.3) is 0 Å². The van der Waals surface area contributed by atoms with Gasteiger partial charge >= 0.3 is 5.97 Å². The van der Waals surface area contributed by atoms with Crippen LogP contribution in [0.25, 0.3) is 0 Å². The molecule has 0 aliphatic heterocycles. The number of rotatable bonds is 2. The fourth-order valence-corrected chi connectivity index (χ4v) is 2.68. The Kier molecular flexibility index (Phi) is 2.76. The van der Waals surface area contributed by atoms with Gasteiger partial charge in [0.1, 0.15) is 0 Å². The highest BCUT2D eigenvalue weighted by molar-refractivity contribution is 5.83. The third-order valence-corrected chi connectivity index (χ3v) is 3.87. The molecule has 2 nitrogen and oxygen atoms in total. The van der Waals surface area contributed by atoms with Crippen molar-refractivity contribution in [2.24, 2.45) is 0 Å². The third kappa shape index (κ3) is 1.86. The summed E-state index contributed by atoms with van der Waals surface area (Å²) >= 11 is 0. The first kappa shape index (κ1) is 12.2. The fraction of sp³-hybridized carbons (Fsp3) is 0.533. The average Bonchev–Trinajstić information content (AvgIpc) is 2.14. The van der Waals surface area contributed by atoms with E-state index in [-0.39, 0.29) is 5.41 Å². The van der Waals surface area contributed by atoms with Crippen molar-refractivity contribution >= 4 is 5.97 Å². The molecular weight excluding hydrogens is 212 g/mol. The van der Waals surface area contributed by atoms with Crippen LogP contribution in [-0.2, 0) is 15.6 Å². The van der Waals surface area contributed by atoms with E-state index in [0.29, 0.717) is 0 Å². The first-order valence-electron chi connectivity index (χ1n) is 6.21. The summed E-state index contributed by atoms with van der Waals surface area (Å²) in [5, 5.41) is 9.53. The number of carboxylic acid groups (broad SMARTS) is 1. The number of benzene rings is 1. The predicted octanol–water partition coefficient (Wildman–Crippen LogP) is 3.49. The van der Waals surface area contributed by atoms with E-state index in [2.05, 4.69) is 26.8 Å². The Bertz CT molecular complexity index is 436. The molecule has 0 heterocycles. The zero-order valence-corrected chi connectivity index (χ0v) is 10.8. The third-order valence-electron chi connectivity index (χ3n) is 3.87. The van der Waals surface area contributed by atoms with Gasteiger partial charge in [0.05, 0.1) is 5.41 Å². The van der Waals surface area contributed by atoms with Gasteiger partial charge in [-0.15, -0.1) is 0 Å². The van der Waals surface area contributed by atoms with Crippen LogP contribution in [0.4, 0.5) is 0 Å². The molecule has 0 bridgehead atoms. The summed E-state index contributed by atoms with van der Waals surface area (Å²) in [5.74, 6) is -0.666. The molecule has 1 aliphatic rings. The first-order chi connectivity index (χ1) is 7.88. The number of hydrogen-bond acceptors (Lipinski definition) is 1. The van der Waals surface area contributed by atoms with Gasteiger partial charge in [-0.05, 0) is 29.4 Å². The van der Waals surface area contributed by atoms with Crippen molar-refractivity contribution in [2.45, 2.75) is 50.9 Å². The Morgan fingerprint density at radius 3 is 2.24 bits per heavy atom. The quantitative estimate of drug-likeness (QED) is 0.847. The number of carboxylic acids is 1. The topological polar surface area (TPSA) is 37.3 Å². The van der Waals surface area contributed by atoms with Crippen LogP contribution in [0.15, 0.2) is 24.3 Å². The lowest BCUT2D eigenvalue weighted by Crippen LogP contribution is -2.44. The van der Waals surface area contributed by atoms with E-state index in [9.17, 15) is 9.90 Å². The van der Waals surface area contributed by atoms with Crippen molar-refractivity contribution in [3.63, 3.8) is 0 Å². The minimum atomic E-state index is -0.666. The van der Waals surface area contributed by atoms with Crippen LogP contribution < -0.4 is 0 Å². The Balaban J connectivity index is 2.56. The van der Waals surface area contributed by atoms with Crippen LogP contribution >= 0.6 is 0 Å². The maximum atomic E-state index is 11.6. The molecule has 1 aliphatic carbocycles. The molecule has 0 amide bonds. The van der Waals surface area contributed by atoms with Crippen LogP contribution in [0.5, 0.6) is 0 Å². The van der Waals surface area contributed by atoms with Crippen molar-refractivity contribution in [2.75, 3.05) is 0 Å². The molecule has 0 radical (unpaired) electrons. The Labute approximate surface area is 103 Å². The summed E-state index contributed by atoms with van der Waals surface area (Å²) in [6.07, 6.45) is 2.57. The molecule has 0 aromatic heterocycles. The molecule has 1 N–H and O–H groups in total. The van der Waals surface area contributed by atoms with Gasteiger partial charge in [-0.3, -0.25) is 4.79 Å². The van der Waals surface area contributed by atoms with Crippen LogP contribution in [0, 0.1) is 0 Å². The van der Waals surface area contributed by atoms with Crippen molar-refractivity contribution < 1.29 is 9.90 Å². The van der Waals surface area contributed by atoms with E-state index in [0.717, 1.165) is 24.8 Å². The molecule has 0 atom stereocenters. The van der Waals surface area contributed by atoms with Crippen LogP contribution in [-0.4, -0.2) is 11.1 Å². The number of aliphatic carboxylic acids is 1. The summed E-state index contributed by atoms with van der Waals surface area (Å²) in [7, 11) is 0. The summed E-state index contributed by atoms with van der Waals surface area (Å²) in [5.41, 5.74) is 1.56. The predicted molar refractivity (Wildman–Crippen MR) is 68.3 cm³/mol. The minimum absolute atomic E-state index is 0.00532. The maximum absolute atomic E-state index is 11.6. The molecule has 0 unspecified atom stereocenters. The highest BCUT2D eigenvalue weighted by atomic mass is 16.4. The van der Waals surface area contributed by atoms with Crippen molar-refractivity contribution in [3.05, 3.63) is 35.4 Å². The molecular formula is C15H20O2. The van der Waals surface area contributed by atoms with E-state index < -0.39 is 11.4 Å². The van der Waals surface area contributed by atoms with Gasteiger partial charge < -0.3 is 5.11 Å². The van der Waals surface area contributed by atoms with Crippen LogP contribution in [0.2, 0.25) is 0 Å². The Morgan fingerprint density at radius 2 is 1.82 bits per heavy atom. The molecule has 2 heteroatoms. The van der Waals surface area contributed by atoms with Gasteiger partial charge in [0.2, 0.25) is 0 Å². The molecule has 0 spiro atoms. The molecule has 0 saturated heterocycles. The molecule has 1 aromatic rings. The lowest BCUT2D eigenvalue weighted by Gasteiger charge is -2.41. The highest BCUT2D eigenvalue weighted by Gasteiger charge is 2.47. The van der Waals surface area contributed by atoms with E-state index in [1.165, 1.54) is 5.56 Å². The van der Waals surface area contributed by atoms with Gasteiger partial charge in [0.15, 0.2) is 0 Å². The van der Waals surface area contributed by atoms with Crippen molar-refractivity contribution in [1.29, 1.82) is 0 Å². The normalized spacial score (nSPS) is 18.5. The molecule has 2 rings (SSSR count). The van der Waals surface area contributed by atoms with Crippen LogP contribution in [0.1, 0.15) is 51.2 Å². The first-order valence-corrected chi connectivity index (χ1v) is 6.21. The average molecular weight is 232 g/mol. The maximum Gasteiger partial charge on any atom is 0.314 e. The number of hydrogen-bond donors (Lipinski definition) is 1. The van der Waals surface area contributed by atoms with Crippen molar-refractivity contribution in [3.8, 4) is 0 Å². The second-order valence-corrected chi connectivity index (χ2v) is 6.04. The second kappa shape index (κ2) is 3.86. The van der Waals surface area contributed by atoms with Gasteiger partial charge in [-0.25, -0.2) is 0 Å². The molecule has 17 heavy (non-hydrogen) atoms. The summed E-state index contributed by atoms with van der Waals surface area (Å²) in [6.45, 7) is 6.42. The fourth-order valence-electron chi connectivity index (χ4n) is 2.68. The summed E-state index contributed by atoms with van der Waals surface area (Å²) < 4.78 is 0. The molecule has 1 fully saturated rings. The lowest BCUT2D eigenvalue weighted by molar-refractivity contribution is -0.147. The minimum Gasteiger partial charge on any atom is -0.481 e. The summed E-state index contributed by atoms with van der Waals surface area (Å²) in [6, 6.07) is 8.01. The Hall–Kier alpha value is -1.31. The molecule has 1 aromatic carbocycles. The van der Waals surface area contributed by atoms with Gasteiger partial charge in [-0.1, -0.05) is 51.5 Å². The molecule has 1 saturated carbocycles. The zero-order valence-electron chi connectivity index (χ0n) is 10.8. The zero-order chi connectivity index (χ0) is 12.7. The highest BCUT2D eigenvalue weighted by Crippen LogP contribution is 2.47. The smallest absolute Gasteiger partial charge is 0.314 e. The SMILES string of the molecule is CC(C)(C)c1ccccc1C1(C(=O)O)CCC1. The van der Waals surface area contributed by atoms with Crippen molar-refractivity contribution in [1.82, 2.24) is 0 Å². The van der Waals surface area contributed by atoms with Crippen LogP contribution in [0.3, 0.4) is 0 Å². The van der Waals surface area contributed by atoms with E-state index in [1.54, 1.807) is 0 Å². The van der Waals surface area contributed by atoms with Gasteiger partial charge in [0, 0.05) is 0 Å². The number of carbonyl (C=O) groups is 1. The monoisotopic (exact) mass is 232 g/mol. The molecule has 92 valence electrons. The van der Waals surface area contributed by atoms with E-state index >= 15 is 0 Å². The van der Waals surface area contributed by atoms with Gasteiger partial charge in [-0.2, -0.15) is 0 Å². The van der Waals surface area contributed by atoms with E-state index in [4.69, 9.17) is 0 Å².